The van der Waals surface area contributed by atoms with Gasteiger partial charge in [-0.1, -0.05) is 42.1 Å². The minimum absolute atomic E-state index is 0.00162. The fourth-order valence-corrected chi connectivity index (χ4v) is 3.38. The molecule has 0 saturated carbocycles. The molecule has 1 heterocycles. The molecule has 0 aliphatic carbocycles. The summed E-state index contributed by atoms with van der Waals surface area (Å²) in [5, 5.41) is 2.30. The van der Waals surface area contributed by atoms with Crippen molar-refractivity contribution < 1.29 is 26.7 Å². The van der Waals surface area contributed by atoms with E-state index >= 15 is 0 Å². The van der Waals surface area contributed by atoms with Crippen molar-refractivity contribution in [1.29, 1.82) is 0 Å². The predicted molar refractivity (Wildman–Crippen MR) is 99.4 cm³/mol. The van der Waals surface area contributed by atoms with Gasteiger partial charge in [-0.25, -0.2) is 13.8 Å². The van der Waals surface area contributed by atoms with Crippen LogP contribution in [0.4, 0.5) is 27.6 Å². The molecule has 0 bridgehead atoms. The van der Waals surface area contributed by atoms with Crippen molar-refractivity contribution in [3.05, 3.63) is 66.4 Å². The van der Waals surface area contributed by atoms with Crippen molar-refractivity contribution in [2.45, 2.75) is 17.9 Å². The maximum Gasteiger partial charge on any atom is 0.406 e. The highest BCUT2D eigenvalue weighted by Crippen LogP contribution is 2.30. The van der Waals surface area contributed by atoms with Gasteiger partial charge in [0.25, 0.3) is 0 Å². The number of carbonyl (C=O) groups excluding carboxylic acids is 1. The number of imidazole rings is 1. The summed E-state index contributed by atoms with van der Waals surface area (Å²) in [4.78, 5) is 16.1. The van der Waals surface area contributed by atoms with Crippen molar-refractivity contribution in [1.82, 2.24) is 9.55 Å². The fraction of sp³-hybridized carbons (Fsp3) is 0.158. The Hall–Kier alpha value is -2.88. The molecule has 0 spiro atoms. The average Bonchev–Trinajstić information content (AvgIpc) is 3.00. The van der Waals surface area contributed by atoms with E-state index in [1.807, 2.05) is 0 Å². The number of rotatable bonds is 6. The molecule has 152 valence electrons. The van der Waals surface area contributed by atoms with Crippen LogP contribution in [0.5, 0.6) is 0 Å². The second kappa shape index (κ2) is 8.64. The summed E-state index contributed by atoms with van der Waals surface area (Å²) in [6.45, 7) is -1.27. The van der Waals surface area contributed by atoms with Crippen molar-refractivity contribution in [3.8, 4) is 11.3 Å². The molecule has 3 rings (SSSR count). The van der Waals surface area contributed by atoms with Gasteiger partial charge in [0.15, 0.2) is 5.16 Å². The Morgan fingerprint density at radius 1 is 1.07 bits per heavy atom. The first-order chi connectivity index (χ1) is 13.7. The van der Waals surface area contributed by atoms with Gasteiger partial charge in [-0.2, -0.15) is 13.2 Å². The molecule has 0 fully saturated rings. The van der Waals surface area contributed by atoms with Crippen LogP contribution >= 0.6 is 11.8 Å². The number of alkyl halides is 3. The number of hydrogen-bond acceptors (Lipinski definition) is 3. The van der Waals surface area contributed by atoms with Crippen molar-refractivity contribution in [2.24, 2.45) is 0 Å². The second-order valence-electron chi connectivity index (χ2n) is 5.99. The predicted octanol–water partition coefficient (Wildman–Crippen LogP) is 5.12. The number of thioether (sulfide) groups is 1. The van der Waals surface area contributed by atoms with E-state index in [1.165, 1.54) is 6.20 Å². The summed E-state index contributed by atoms with van der Waals surface area (Å²) in [5.74, 6) is -2.65. The number of carbonyl (C=O) groups is 1. The standard InChI is InChI=1S/C19H14F5N3OS/c20-13-6-14(21)8-15(7-13)26-17(28)10-29-18-25-9-16(12-4-2-1-3-5-12)27(18)11-19(22,23)24/h1-9H,10-11H2,(H,26,28). The number of nitrogens with one attached hydrogen (secondary N) is 1. The zero-order chi connectivity index (χ0) is 21.0. The number of benzene rings is 2. The quantitative estimate of drug-likeness (QED) is 0.439. The van der Waals surface area contributed by atoms with Crippen LogP contribution in [0.1, 0.15) is 0 Å². The number of hydrogen-bond donors (Lipinski definition) is 1. The van der Waals surface area contributed by atoms with Crippen LogP contribution in [0, 0.1) is 11.6 Å². The number of amides is 1. The molecule has 0 aliphatic heterocycles. The first kappa shape index (κ1) is 20.8. The highest BCUT2D eigenvalue weighted by atomic mass is 32.2. The second-order valence-corrected chi connectivity index (χ2v) is 6.93. The van der Waals surface area contributed by atoms with Gasteiger partial charge in [0, 0.05) is 11.8 Å². The largest absolute Gasteiger partial charge is 0.406 e. The first-order valence-electron chi connectivity index (χ1n) is 8.28. The van der Waals surface area contributed by atoms with Crippen LogP contribution in [-0.4, -0.2) is 27.4 Å². The van der Waals surface area contributed by atoms with E-state index in [1.54, 1.807) is 30.3 Å². The third-order valence-corrected chi connectivity index (χ3v) is 4.70. The molecule has 0 atom stereocenters. The molecule has 3 aromatic rings. The Bertz CT molecular complexity index is 985. The number of nitrogens with zero attached hydrogens (tertiary/aromatic N) is 2. The monoisotopic (exact) mass is 427 g/mol. The Morgan fingerprint density at radius 3 is 2.34 bits per heavy atom. The van der Waals surface area contributed by atoms with Gasteiger partial charge in [0.2, 0.25) is 5.91 Å². The van der Waals surface area contributed by atoms with Gasteiger partial charge in [-0.05, 0) is 17.7 Å². The Labute approximate surface area is 166 Å². The summed E-state index contributed by atoms with van der Waals surface area (Å²) in [6, 6.07) is 11.0. The fourth-order valence-electron chi connectivity index (χ4n) is 2.60. The summed E-state index contributed by atoms with van der Waals surface area (Å²) in [7, 11) is 0. The first-order valence-corrected chi connectivity index (χ1v) is 9.26. The summed E-state index contributed by atoms with van der Waals surface area (Å²) < 4.78 is 66.5. The average molecular weight is 427 g/mol. The molecule has 0 aliphatic rings. The molecule has 1 N–H and O–H groups in total. The van der Waals surface area contributed by atoms with Crippen LogP contribution in [0.25, 0.3) is 11.3 Å². The zero-order valence-corrected chi connectivity index (χ0v) is 15.5. The highest BCUT2D eigenvalue weighted by Gasteiger charge is 2.31. The van der Waals surface area contributed by atoms with E-state index in [-0.39, 0.29) is 22.3 Å². The lowest BCUT2D eigenvalue weighted by Gasteiger charge is -2.14. The van der Waals surface area contributed by atoms with Crippen molar-refractivity contribution in [3.63, 3.8) is 0 Å². The van der Waals surface area contributed by atoms with Crippen molar-refractivity contribution in [2.75, 3.05) is 11.1 Å². The van der Waals surface area contributed by atoms with E-state index in [9.17, 15) is 26.7 Å². The molecule has 2 aromatic carbocycles. The van der Waals surface area contributed by atoms with E-state index < -0.39 is 30.3 Å². The van der Waals surface area contributed by atoms with Gasteiger partial charge in [-0.15, -0.1) is 0 Å². The third kappa shape index (κ3) is 5.80. The molecule has 0 unspecified atom stereocenters. The molecule has 1 amide bonds. The van der Waals surface area contributed by atoms with Crippen LogP contribution in [0.2, 0.25) is 0 Å². The normalized spacial score (nSPS) is 11.5. The summed E-state index contributed by atoms with van der Waals surface area (Å²) in [6.07, 6.45) is -3.18. The molecule has 0 radical (unpaired) electrons. The molecule has 29 heavy (non-hydrogen) atoms. The Balaban J connectivity index is 1.76. The molecule has 1 aromatic heterocycles. The zero-order valence-electron chi connectivity index (χ0n) is 14.7. The lowest BCUT2D eigenvalue weighted by Crippen LogP contribution is -2.20. The van der Waals surface area contributed by atoms with Crippen LogP contribution in [-0.2, 0) is 11.3 Å². The van der Waals surface area contributed by atoms with Crippen LogP contribution in [0.15, 0.2) is 59.9 Å². The number of anilines is 1. The van der Waals surface area contributed by atoms with Gasteiger partial charge in [0.1, 0.15) is 18.2 Å². The van der Waals surface area contributed by atoms with Crippen LogP contribution in [0.3, 0.4) is 0 Å². The minimum atomic E-state index is -4.49. The van der Waals surface area contributed by atoms with Crippen molar-refractivity contribution >= 4 is 23.4 Å². The lowest BCUT2D eigenvalue weighted by molar-refractivity contribution is -0.141. The van der Waals surface area contributed by atoms with E-state index in [0.29, 0.717) is 11.6 Å². The Kier molecular flexibility index (Phi) is 6.21. The number of aromatic nitrogens is 2. The Morgan fingerprint density at radius 2 is 1.72 bits per heavy atom. The van der Waals surface area contributed by atoms with Gasteiger partial charge < -0.3 is 9.88 Å². The highest BCUT2D eigenvalue weighted by molar-refractivity contribution is 7.99. The minimum Gasteiger partial charge on any atom is -0.325 e. The third-order valence-electron chi connectivity index (χ3n) is 3.70. The van der Waals surface area contributed by atoms with Gasteiger partial charge in [-0.3, -0.25) is 4.79 Å². The topological polar surface area (TPSA) is 46.9 Å². The lowest BCUT2D eigenvalue weighted by atomic mass is 10.2. The summed E-state index contributed by atoms with van der Waals surface area (Å²) >= 11 is 0.791. The number of halogens is 5. The van der Waals surface area contributed by atoms with Gasteiger partial charge in [0.05, 0.1) is 17.6 Å². The SMILES string of the molecule is O=C(CSc1ncc(-c2ccccc2)n1CC(F)(F)F)Nc1cc(F)cc(F)c1. The van der Waals surface area contributed by atoms with E-state index in [2.05, 4.69) is 10.3 Å². The molecule has 10 heteroatoms. The smallest absolute Gasteiger partial charge is 0.325 e. The van der Waals surface area contributed by atoms with Crippen LogP contribution < -0.4 is 5.32 Å². The molecule has 0 saturated heterocycles. The van der Waals surface area contributed by atoms with Gasteiger partial charge >= 0.3 is 6.18 Å². The van der Waals surface area contributed by atoms with E-state index in [0.717, 1.165) is 28.5 Å². The van der Waals surface area contributed by atoms with E-state index in [4.69, 9.17) is 0 Å². The molecular formula is C19H14F5N3OS. The molecular weight excluding hydrogens is 413 g/mol. The molecule has 4 nitrogen and oxygen atoms in total. The summed E-state index contributed by atoms with van der Waals surface area (Å²) in [5.41, 5.74) is 0.727. The maximum absolute atomic E-state index is 13.2. The maximum atomic E-state index is 13.2.